The van der Waals surface area contributed by atoms with Gasteiger partial charge in [-0.2, -0.15) is 0 Å². The average molecular weight is 215 g/mol. The van der Waals surface area contributed by atoms with Gasteiger partial charge in [0.1, 0.15) is 5.78 Å². The van der Waals surface area contributed by atoms with Crippen molar-refractivity contribution in [3.8, 4) is 0 Å². The van der Waals surface area contributed by atoms with E-state index >= 15 is 0 Å². The van der Waals surface area contributed by atoms with Crippen LogP contribution in [0.25, 0.3) is 0 Å². The van der Waals surface area contributed by atoms with Gasteiger partial charge in [-0.15, -0.1) is 0 Å². The minimum atomic E-state index is -0.393. The molecule has 0 amide bonds. The Bertz CT molecular complexity index is 204. The summed E-state index contributed by atoms with van der Waals surface area (Å²) in [4.78, 5) is 22.4. The van der Waals surface area contributed by atoms with E-state index in [1.165, 1.54) is 6.92 Å². The Labute approximate surface area is 91.4 Å². The first-order valence-electron chi connectivity index (χ1n) is 5.51. The fraction of sp³-hybridized carbons (Fsp3) is 0.818. The topological polar surface area (TPSA) is 55.4 Å². The molecule has 0 aromatic carbocycles. The van der Waals surface area contributed by atoms with Crippen LogP contribution in [0.3, 0.4) is 0 Å². The van der Waals surface area contributed by atoms with Crippen molar-refractivity contribution in [2.45, 2.75) is 46.1 Å². The number of ether oxygens (including phenoxy) is 1. The molecular weight excluding hydrogens is 194 g/mol. The number of nitrogens with one attached hydrogen (secondary N) is 1. The molecule has 15 heavy (non-hydrogen) atoms. The maximum Gasteiger partial charge on any atom is 0.307 e. The molecule has 0 saturated carbocycles. The van der Waals surface area contributed by atoms with Crippen LogP contribution >= 0.6 is 0 Å². The first kappa shape index (κ1) is 14.1. The van der Waals surface area contributed by atoms with Gasteiger partial charge < -0.3 is 10.1 Å². The zero-order valence-corrected chi connectivity index (χ0v) is 9.84. The molecule has 1 atom stereocenters. The molecule has 0 aliphatic heterocycles. The zero-order chi connectivity index (χ0) is 11.7. The van der Waals surface area contributed by atoms with Gasteiger partial charge in [-0.25, -0.2) is 0 Å². The summed E-state index contributed by atoms with van der Waals surface area (Å²) in [6, 6.07) is -0.393. The molecule has 0 spiro atoms. The van der Waals surface area contributed by atoms with Crippen LogP contribution in [0, 0.1) is 0 Å². The standard InChI is InChI=1S/C11H21NO3/c1-4-6-7-12-10(9(3)13)8-11(14)15-5-2/h10,12H,4-8H2,1-3H3. The number of rotatable bonds is 8. The Morgan fingerprint density at radius 1 is 1.33 bits per heavy atom. The minimum Gasteiger partial charge on any atom is -0.466 e. The van der Waals surface area contributed by atoms with Crippen LogP contribution in [-0.2, 0) is 14.3 Å². The number of carbonyl (C=O) groups excluding carboxylic acids is 2. The quantitative estimate of drug-likeness (QED) is 0.489. The number of Topliss-reactive ketones (excluding diaryl/α,β-unsaturated/α-hetero) is 1. The van der Waals surface area contributed by atoms with E-state index < -0.39 is 6.04 Å². The molecule has 1 N–H and O–H groups in total. The largest absolute Gasteiger partial charge is 0.466 e. The van der Waals surface area contributed by atoms with E-state index in [1.54, 1.807) is 6.92 Å². The van der Waals surface area contributed by atoms with Crippen molar-refractivity contribution >= 4 is 11.8 Å². The van der Waals surface area contributed by atoms with Gasteiger partial charge in [0.15, 0.2) is 0 Å². The third kappa shape index (κ3) is 7.08. The number of unbranched alkanes of at least 4 members (excludes halogenated alkanes) is 1. The Balaban J connectivity index is 3.93. The Morgan fingerprint density at radius 2 is 2.00 bits per heavy atom. The van der Waals surface area contributed by atoms with Crippen LogP contribution in [0.4, 0.5) is 0 Å². The van der Waals surface area contributed by atoms with E-state index in [0.717, 1.165) is 19.4 Å². The first-order valence-corrected chi connectivity index (χ1v) is 5.51. The highest BCUT2D eigenvalue weighted by molar-refractivity contribution is 5.86. The number of ketones is 1. The normalized spacial score (nSPS) is 12.2. The highest BCUT2D eigenvalue weighted by Crippen LogP contribution is 1.98. The molecule has 4 nitrogen and oxygen atoms in total. The Hall–Kier alpha value is -0.900. The molecule has 1 unspecified atom stereocenters. The van der Waals surface area contributed by atoms with Gasteiger partial charge in [0.25, 0.3) is 0 Å². The highest BCUT2D eigenvalue weighted by atomic mass is 16.5. The molecule has 0 rings (SSSR count). The minimum absolute atomic E-state index is 0.0147. The van der Waals surface area contributed by atoms with Crippen molar-refractivity contribution in [3.05, 3.63) is 0 Å². The summed E-state index contributed by atoms with van der Waals surface area (Å²) in [5, 5.41) is 3.06. The molecule has 0 aliphatic rings. The van der Waals surface area contributed by atoms with Gasteiger partial charge in [-0.05, 0) is 26.8 Å². The molecule has 0 bridgehead atoms. The molecule has 0 fully saturated rings. The van der Waals surface area contributed by atoms with Gasteiger partial charge in [-0.3, -0.25) is 9.59 Å². The smallest absolute Gasteiger partial charge is 0.307 e. The van der Waals surface area contributed by atoms with E-state index in [4.69, 9.17) is 4.74 Å². The lowest BCUT2D eigenvalue weighted by atomic mass is 10.1. The van der Waals surface area contributed by atoms with E-state index in [-0.39, 0.29) is 18.2 Å². The van der Waals surface area contributed by atoms with Crippen LogP contribution in [-0.4, -0.2) is 30.9 Å². The molecule has 0 aliphatic carbocycles. The Kier molecular flexibility index (Phi) is 7.91. The van der Waals surface area contributed by atoms with Crippen molar-refractivity contribution in [2.75, 3.05) is 13.2 Å². The summed E-state index contributed by atoms with van der Waals surface area (Å²) in [6.45, 7) is 6.45. The SMILES string of the molecule is CCCCNC(CC(=O)OCC)C(C)=O. The zero-order valence-electron chi connectivity index (χ0n) is 9.84. The summed E-state index contributed by atoms with van der Waals surface area (Å²) in [7, 11) is 0. The van der Waals surface area contributed by atoms with Crippen LogP contribution in [0.15, 0.2) is 0 Å². The summed E-state index contributed by atoms with van der Waals surface area (Å²) in [5.41, 5.74) is 0. The molecule has 0 saturated heterocycles. The molecular formula is C11H21NO3. The van der Waals surface area contributed by atoms with Crippen LogP contribution < -0.4 is 5.32 Å². The van der Waals surface area contributed by atoms with Crippen molar-refractivity contribution in [3.63, 3.8) is 0 Å². The maximum atomic E-state index is 11.2. The fourth-order valence-electron chi connectivity index (χ4n) is 1.20. The summed E-state index contributed by atoms with van der Waals surface area (Å²) in [5.74, 6) is -0.333. The van der Waals surface area contributed by atoms with Gasteiger partial charge in [-0.1, -0.05) is 13.3 Å². The van der Waals surface area contributed by atoms with Crippen molar-refractivity contribution in [1.29, 1.82) is 0 Å². The summed E-state index contributed by atoms with van der Waals surface area (Å²) >= 11 is 0. The lowest BCUT2D eigenvalue weighted by Crippen LogP contribution is -2.38. The van der Waals surface area contributed by atoms with Crippen LogP contribution in [0.1, 0.15) is 40.0 Å². The van der Waals surface area contributed by atoms with Gasteiger partial charge >= 0.3 is 5.97 Å². The monoisotopic (exact) mass is 215 g/mol. The Morgan fingerprint density at radius 3 is 2.47 bits per heavy atom. The van der Waals surface area contributed by atoms with E-state index in [9.17, 15) is 9.59 Å². The second kappa shape index (κ2) is 8.41. The maximum absolute atomic E-state index is 11.2. The summed E-state index contributed by atoms with van der Waals surface area (Å²) in [6.07, 6.45) is 2.20. The molecule has 0 radical (unpaired) electrons. The lowest BCUT2D eigenvalue weighted by molar-refractivity contribution is -0.145. The number of carbonyl (C=O) groups is 2. The summed E-state index contributed by atoms with van der Waals surface area (Å²) < 4.78 is 4.80. The van der Waals surface area contributed by atoms with E-state index in [1.807, 2.05) is 0 Å². The van der Waals surface area contributed by atoms with Crippen molar-refractivity contribution in [1.82, 2.24) is 5.32 Å². The molecule has 0 aromatic rings. The number of hydrogen-bond donors (Lipinski definition) is 1. The molecule has 0 heterocycles. The first-order chi connectivity index (χ1) is 7.11. The van der Waals surface area contributed by atoms with Crippen molar-refractivity contribution in [2.24, 2.45) is 0 Å². The predicted molar refractivity (Wildman–Crippen MR) is 58.6 cm³/mol. The van der Waals surface area contributed by atoms with Gasteiger partial charge in [0.2, 0.25) is 0 Å². The van der Waals surface area contributed by atoms with Crippen LogP contribution in [0.2, 0.25) is 0 Å². The van der Waals surface area contributed by atoms with Crippen molar-refractivity contribution < 1.29 is 14.3 Å². The molecule has 0 aromatic heterocycles. The average Bonchev–Trinajstić information content (AvgIpc) is 2.16. The number of esters is 1. The second-order valence-corrected chi connectivity index (χ2v) is 3.48. The van der Waals surface area contributed by atoms with Crippen LogP contribution in [0.5, 0.6) is 0 Å². The van der Waals surface area contributed by atoms with Gasteiger partial charge in [0.05, 0.1) is 19.1 Å². The fourth-order valence-corrected chi connectivity index (χ4v) is 1.20. The third-order valence-electron chi connectivity index (χ3n) is 2.09. The highest BCUT2D eigenvalue weighted by Gasteiger charge is 2.17. The van der Waals surface area contributed by atoms with E-state index in [2.05, 4.69) is 12.2 Å². The molecule has 88 valence electrons. The van der Waals surface area contributed by atoms with Gasteiger partial charge in [0, 0.05) is 0 Å². The number of hydrogen-bond acceptors (Lipinski definition) is 4. The lowest BCUT2D eigenvalue weighted by Gasteiger charge is -2.14. The van der Waals surface area contributed by atoms with E-state index in [0.29, 0.717) is 6.61 Å². The second-order valence-electron chi connectivity index (χ2n) is 3.48. The molecule has 4 heteroatoms. The predicted octanol–water partition coefficient (Wildman–Crippen LogP) is 1.29. The third-order valence-corrected chi connectivity index (χ3v) is 2.09.